The molecule has 0 saturated carbocycles. The minimum atomic E-state index is -0.421. The average Bonchev–Trinajstić information content (AvgIpc) is 3.16. The molecule has 2 N–H and O–H groups in total. The van der Waals surface area contributed by atoms with Crippen molar-refractivity contribution in [1.29, 1.82) is 0 Å². The van der Waals surface area contributed by atoms with Crippen molar-refractivity contribution < 1.29 is 14.5 Å². The third-order valence-electron chi connectivity index (χ3n) is 6.03. The maximum absolute atomic E-state index is 12.7. The van der Waals surface area contributed by atoms with Crippen molar-refractivity contribution in [2.45, 2.75) is 33.9 Å². The predicted octanol–water partition coefficient (Wildman–Crippen LogP) is 4.95. The first kappa shape index (κ1) is 25.3. The van der Waals surface area contributed by atoms with Crippen molar-refractivity contribution >= 4 is 23.2 Å². The molecular formula is C28H27N5O4. The number of nitrogens with zero attached hydrogens (tertiary/aromatic N) is 3. The monoisotopic (exact) mass is 497 g/mol. The first-order valence-electron chi connectivity index (χ1n) is 11.7. The van der Waals surface area contributed by atoms with Crippen LogP contribution < -0.4 is 10.6 Å². The summed E-state index contributed by atoms with van der Waals surface area (Å²) >= 11 is 0. The molecule has 4 aromatic rings. The number of aryl methyl sites for hydroxylation is 2. The fourth-order valence-corrected chi connectivity index (χ4v) is 3.99. The Bertz CT molecular complexity index is 1460. The van der Waals surface area contributed by atoms with Gasteiger partial charge in [0.05, 0.1) is 11.5 Å². The smallest absolute Gasteiger partial charge is 0.312 e. The van der Waals surface area contributed by atoms with E-state index in [1.807, 2.05) is 37.3 Å². The van der Waals surface area contributed by atoms with Crippen molar-refractivity contribution in [3.8, 4) is 0 Å². The summed E-state index contributed by atoms with van der Waals surface area (Å²) in [4.78, 5) is 35.9. The molecule has 9 heteroatoms. The van der Waals surface area contributed by atoms with E-state index in [0.29, 0.717) is 41.3 Å². The molecule has 0 spiro atoms. The van der Waals surface area contributed by atoms with Crippen LogP contribution in [-0.2, 0) is 13.1 Å². The summed E-state index contributed by atoms with van der Waals surface area (Å²) < 4.78 is 1.59. The van der Waals surface area contributed by atoms with Gasteiger partial charge in [-0.05, 0) is 68.3 Å². The predicted molar refractivity (Wildman–Crippen MR) is 141 cm³/mol. The van der Waals surface area contributed by atoms with Gasteiger partial charge in [0.2, 0.25) is 0 Å². The van der Waals surface area contributed by atoms with E-state index in [9.17, 15) is 19.7 Å². The van der Waals surface area contributed by atoms with Crippen LogP contribution in [0, 0.1) is 30.9 Å². The highest BCUT2D eigenvalue weighted by Crippen LogP contribution is 2.22. The van der Waals surface area contributed by atoms with Crippen LogP contribution in [0.15, 0.2) is 72.8 Å². The maximum Gasteiger partial charge on any atom is 0.312 e. The highest BCUT2D eigenvalue weighted by Gasteiger charge is 2.21. The van der Waals surface area contributed by atoms with Gasteiger partial charge >= 0.3 is 5.69 Å². The van der Waals surface area contributed by atoms with Crippen LogP contribution in [-0.4, -0.2) is 26.5 Å². The van der Waals surface area contributed by atoms with Gasteiger partial charge in [-0.2, -0.15) is 5.10 Å². The molecule has 0 atom stereocenters. The summed E-state index contributed by atoms with van der Waals surface area (Å²) in [6.45, 7) is 5.91. The number of nitrogens with one attached hydrogen (secondary N) is 2. The van der Waals surface area contributed by atoms with Gasteiger partial charge in [0.1, 0.15) is 11.4 Å². The Morgan fingerprint density at radius 3 is 2.19 bits per heavy atom. The number of anilines is 1. The van der Waals surface area contributed by atoms with Crippen LogP contribution in [0.4, 0.5) is 11.4 Å². The lowest BCUT2D eigenvalue weighted by Crippen LogP contribution is -2.23. The number of carbonyl (C=O) groups is 2. The molecule has 37 heavy (non-hydrogen) atoms. The average molecular weight is 498 g/mol. The molecule has 4 rings (SSSR count). The zero-order valence-corrected chi connectivity index (χ0v) is 20.8. The highest BCUT2D eigenvalue weighted by molar-refractivity contribution is 6.04. The molecule has 0 aliphatic heterocycles. The van der Waals surface area contributed by atoms with Gasteiger partial charge in [0.25, 0.3) is 11.8 Å². The zero-order chi connectivity index (χ0) is 26.5. The van der Waals surface area contributed by atoms with E-state index in [4.69, 9.17) is 0 Å². The Kier molecular flexibility index (Phi) is 7.43. The Balaban J connectivity index is 1.34. The number of aromatic nitrogens is 2. The van der Waals surface area contributed by atoms with Crippen molar-refractivity contribution in [2.75, 3.05) is 5.32 Å². The highest BCUT2D eigenvalue weighted by atomic mass is 16.6. The molecule has 0 fully saturated rings. The second-order valence-electron chi connectivity index (χ2n) is 8.83. The van der Waals surface area contributed by atoms with Crippen LogP contribution in [0.1, 0.15) is 48.8 Å². The zero-order valence-electron chi connectivity index (χ0n) is 20.8. The van der Waals surface area contributed by atoms with Crippen molar-refractivity contribution in [3.63, 3.8) is 0 Å². The van der Waals surface area contributed by atoms with Crippen LogP contribution >= 0.6 is 0 Å². The fraction of sp³-hybridized carbons (Fsp3) is 0.179. The normalized spacial score (nSPS) is 10.7. The van der Waals surface area contributed by atoms with Crippen LogP contribution in [0.2, 0.25) is 0 Å². The number of nitro groups is 1. The lowest BCUT2D eigenvalue weighted by Gasteiger charge is -2.10. The van der Waals surface area contributed by atoms with E-state index in [1.165, 1.54) is 0 Å². The van der Waals surface area contributed by atoms with Crippen molar-refractivity contribution in [3.05, 3.63) is 122 Å². The standard InChI is InChI=1S/C28H27N5O4/c1-18-7-11-24(12-8-18)28(35)30-25-6-4-5-22(15-25)16-29-27(34)23-13-9-21(10-14-23)17-32-20(3)26(33(36)37)19(2)31-32/h4-15H,16-17H2,1-3H3,(H,29,34)(H,30,35). The molecule has 0 aliphatic carbocycles. The number of amides is 2. The number of benzene rings is 3. The summed E-state index contributed by atoms with van der Waals surface area (Å²) in [5.41, 5.74) is 5.39. The Labute approximate surface area is 214 Å². The van der Waals surface area contributed by atoms with E-state index in [2.05, 4.69) is 15.7 Å². The number of hydrogen-bond acceptors (Lipinski definition) is 5. The second-order valence-corrected chi connectivity index (χ2v) is 8.83. The minimum absolute atomic E-state index is 0.0229. The van der Waals surface area contributed by atoms with E-state index in [1.54, 1.807) is 61.0 Å². The lowest BCUT2D eigenvalue weighted by molar-refractivity contribution is -0.386. The van der Waals surface area contributed by atoms with E-state index < -0.39 is 4.92 Å². The molecule has 0 radical (unpaired) electrons. The lowest BCUT2D eigenvalue weighted by atomic mass is 10.1. The van der Waals surface area contributed by atoms with Gasteiger partial charge in [0, 0.05) is 23.4 Å². The second kappa shape index (κ2) is 10.9. The Morgan fingerprint density at radius 1 is 0.892 bits per heavy atom. The molecule has 9 nitrogen and oxygen atoms in total. The molecular weight excluding hydrogens is 470 g/mol. The molecule has 188 valence electrons. The van der Waals surface area contributed by atoms with Gasteiger partial charge < -0.3 is 10.6 Å². The molecule has 0 bridgehead atoms. The number of hydrogen-bond donors (Lipinski definition) is 2. The van der Waals surface area contributed by atoms with Crippen LogP contribution in [0.5, 0.6) is 0 Å². The molecule has 3 aromatic carbocycles. The molecule has 2 amide bonds. The van der Waals surface area contributed by atoms with Crippen molar-refractivity contribution in [1.82, 2.24) is 15.1 Å². The van der Waals surface area contributed by atoms with Gasteiger partial charge in [-0.25, -0.2) is 0 Å². The molecule has 1 aromatic heterocycles. The van der Waals surface area contributed by atoms with Crippen LogP contribution in [0.25, 0.3) is 0 Å². The summed E-state index contributed by atoms with van der Waals surface area (Å²) in [5, 5.41) is 21.3. The fourth-order valence-electron chi connectivity index (χ4n) is 3.99. The summed E-state index contributed by atoms with van der Waals surface area (Å²) in [5.74, 6) is -0.432. The summed E-state index contributed by atoms with van der Waals surface area (Å²) in [6, 6.07) is 21.7. The maximum atomic E-state index is 12.7. The van der Waals surface area contributed by atoms with Gasteiger partial charge in [-0.1, -0.05) is 42.0 Å². The number of carbonyl (C=O) groups excluding carboxylic acids is 2. The first-order chi connectivity index (χ1) is 17.7. The summed E-state index contributed by atoms with van der Waals surface area (Å²) in [6.07, 6.45) is 0. The van der Waals surface area contributed by atoms with Gasteiger partial charge in [-0.3, -0.25) is 24.4 Å². The van der Waals surface area contributed by atoms with Crippen molar-refractivity contribution in [2.24, 2.45) is 0 Å². The van der Waals surface area contributed by atoms with Crippen LogP contribution in [0.3, 0.4) is 0 Å². The third-order valence-corrected chi connectivity index (χ3v) is 6.03. The SMILES string of the molecule is Cc1ccc(C(=O)Nc2cccc(CNC(=O)c3ccc(Cn4nc(C)c([N+](=O)[O-])c4C)cc3)c2)cc1. The third kappa shape index (κ3) is 6.07. The molecule has 1 heterocycles. The molecule has 0 saturated heterocycles. The quantitative estimate of drug-likeness (QED) is 0.264. The minimum Gasteiger partial charge on any atom is -0.348 e. The van der Waals surface area contributed by atoms with Gasteiger partial charge in [0.15, 0.2) is 0 Å². The van der Waals surface area contributed by atoms with E-state index in [0.717, 1.165) is 16.7 Å². The topological polar surface area (TPSA) is 119 Å². The largest absolute Gasteiger partial charge is 0.348 e. The molecule has 0 unspecified atom stereocenters. The summed E-state index contributed by atoms with van der Waals surface area (Å²) in [7, 11) is 0. The first-order valence-corrected chi connectivity index (χ1v) is 11.7. The van der Waals surface area contributed by atoms with E-state index >= 15 is 0 Å². The molecule has 0 aliphatic rings. The van der Waals surface area contributed by atoms with Gasteiger partial charge in [-0.15, -0.1) is 0 Å². The Morgan fingerprint density at radius 2 is 1.54 bits per heavy atom. The Hall–Kier alpha value is -4.79. The van der Waals surface area contributed by atoms with E-state index in [-0.39, 0.29) is 17.5 Å². The number of rotatable bonds is 8.